The molecule has 9 heteroatoms. The zero-order valence-electron chi connectivity index (χ0n) is 18.7. The molecule has 0 aliphatic carbocycles. The van der Waals surface area contributed by atoms with Crippen molar-refractivity contribution in [1.29, 1.82) is 0 Å². The number of hydrogen-bond donors (Lipinski definition) is 2. The van der Waals surface area contributed by atoms with Gasteiger partial charge in [0, 0.05) is 55.3 Å². The molecule has 0 saturated heterocycles. The van der Waals surface area contributed by atoms with Gasteiger partial charge in [0.15, 0.2) is 0 Å². The normalized spacial score (nSPS) is 13.2. The van der Waals surface area contributed by atoms with Crippen molar-refractivity contribution in [3.8, 4) is 0 Å². The van der Waals surface area contributed by atoms with E-state index in [0.717, 1.165) is 23.2 Å². The first kappa shape index (κ1) is 22.2. The van der Waals surface area contributed by atoms with Crippen molar-refractivity contribution in [2.24, 2.45) is 0 Å². The lowest BCUT2D eigenvalue weighted by molar-refractivity contribution is -0.132. The third-order valence-electron chi connectivity index (χ3n) is 6.23. The number of nitrogens with one attached hydrogen (secondary N) is 2. The van der Waals surface area contributed by atoms with E-state index in [1.807, 2.05) is 28.8 Å². The summed E-state index contributed by atoms with van der Waals surface area (Å²) in [6.07, 6.45) is 3.34. The van der Waals surface area contributed by atoms with Crippen LogP contribution in [0.2, 0.25) is 0 Å². The monoisotopic (exact) mass is 477 g/mol. The van der Waals surface area contributed by atoms with Crippen LogP contribution in [0.5, 0.6) is 0 Å². The molecule has 4 aromatic rings. The van der Waals surface area contributed by atoms with E-state index in [2.05, 4.69) is 20.3 Å². The Morgan fingerprint density at radius 2 is 2.18 bits per heavy atom. The highest BCUT2D eigenvalue weighted by Gasteiger charge is 2.24. The number of fused-ring (bicyclic) bond motifs is 2. The molecule has 1 aliphatic heterocycles. The van der Waals surface area contributed by atoms with Gasteiger partial charge in [0.05, 0.1) is 11.0 Å². The number of benzene rings is 1. The molecule has 7 nitrogen and oxygen atoms in total. The van der Waals surface area contributed by atoms with Crippen LogP contribution in [0.3, 0.4) is 0 Å². The summed E-state index contributed by atoms with van der Waals surface area (Å²) in [6, 6.07) is 6.22. The number of halogens is 1. The highest BCUT2D eigenvalue weighted by Crippen LogP contribution is 2.25. The fourth-order valence-corrected chi connectivity index (χ4v) is 5.01. The van der Waals surface area contributed by atoms with Crippen LogP contribution in [0.15, 0.2) is 41.2 Å². The summed E-state index contributed by atoms with van der Waals surface area (Å²) in [4.78, 5) is 39.2. The van der Waals surface area contributed by atoms with E-state index in [-0.39, 0.29) is 17.6 Å². The van der Waals surface area contributed by atoms with Crippen molar-refractivity contribution in [1.82, 2.24) is 25.2 Å². The fraction of sp³-hybridized carbons (Fsp3) is 0.280. The third-order valence-corrected chi connectivity index (χ3v) is 6.91. The first-order valence-corrected chi connectivity index (χ1v) is 12.1. The van der Waals surface area contributed by atoms with Crippen LogP contribution in [0.4, 0.5) is 4.39 Å². The van der Waals surface area contributed by atoms with E-state index < -0.39 is 0 Å². The molecule has 174 valence electrons. The van der Waals surface area contributed by atoms with Crippen LogP contribution in [-0.4, -0.2) is 38.2 Å². The van der Waals surface area contributed by atoms with Gasteiger partial charge in [0.2, 0.25) is 5.91 Å². The molecule has 2 N–H and O–H groups in total. The largest absolute Gasteiger partial charge is 0.348 e. The van der Waals surface area contributed by atoms with Gasteiger partial charge in [-0.25, -0.2) is 9.37 Å². The Kier molecular flexibility index (Phi) is 6.10. The zero-order chi connectivity index (χ0) is 23.7. The highest BCUT2D eigenvalue weighted by molar-refractivity contribution is 7.08. The Hall–Kier alpha value is -3.59. The number of H-pyrrole nitrogens is 1. The van der Waals surface area contributed by atoms with Crippen molar-refractivity contribution in [3.05, 3.63) is 80.8 Å². The number of imidazole rings is 1. The summed E-state index contributed by atoms with van der Waals surface area (Å²) in [5.41, 5.74) is 6.09. The lowest BCUT2D eigenvalue weighted by atomic mass is 9.94. The number of rotatable bonds is 6. The molecule has 2 amide bonds. The average Bonchev–Trinajstić information content (AvgIpc) is 3.51. The average molecular weight is 478 g/mol. The molecule has 3 aromatic heterocycles. The van der Waals surface area contributed by atoms with E-state index in [0.29, 0.717) is 54.9 Å². The van der Waals surface area contributed by atoms with Gasteiger partial charge in [-0.3, -0.25) is 14.6 Å². The van der Waals surface area contributed by atoms with Crippen molar-refractivity contribution in [2.75, 3.05) is 6.54 Å². The maximum absolute atomic E-state index is 13.4. The Labute approximate surface area is 200 Å². The quantitative estimate of drug-likeness (QED) is 0.441. The Morgan fingerprint density at radius 1 is 1.29 bits per heavy atom. The number of thiophene rings is 1. The van der Waals surface area contributed by atoms with Gasteiger partial charge in [-0.2, -0.15) is 11.3 Å². The van der Waals surface area contributed by atoms with Crippen molar-refractivity contribution >= 4 is 34.2 Å². The maximum Gasteiger partial charge on any atom is 0.252 e. The summed E-state index contributed by atoms with van der Waals surface area (Å²) in [5, 5.41) is 6.70. The molecule has 1 aliphatic rings. The number of carbonyl (C=O) groups excluding carboxylic acids is 2. The second-order valence-electron chi connectivity index (χ2n) is 8.43. The molecule has 0 fully saturated rings. The van der Waals surface area contributed by atoms with Gasteiger partial charge >= 0.3 is 0 Å². The zero-order valence-corrected chi connectivity index (χ0v) is 19.5. The summed E-state index contributed by atoms with van der Waals surface area (Å²) < 4.78 is 13.4. The SMILES string of the molecule is Cc1ncc2c(c1CNC(=O)c1ccsc1)CCN(C(=O)CCc1nc3ccc(F)cc3[nH]1)C2. The smallest absolute Gasteiger partial charge is 0.252 e. The standard InChI is InChI=1S/C25H24FN5O2S/c1-15-20(12-28-25(33)16-7-9-34-14-16)19-6-8-31(13-17(19)11-27-15)24(32)5-4-23-29-21-3-2-18(26)10-22(21)30-23/h2-3,7,9-11,14H,4-6,8,12-13H2,1H3,(H,28,33)(H,29,30). The Morgan fingerprint density at radius 3 is 3.00 bits per heavy atom. The van der Waals surface area contributed by atoms with Gasteiger partial charge in [-0.15, -0.1) is 0 Å². The molecule has 5 rings (SSSR count). The molecule has 0 bridgehead atoms. The van der Waals surface area contributed by atoms with Crippen LogP contribution in [0.25, 0.3) is 11.0 Å². The third kappa shape index (κ3) is 4.56. The lowest BCUT2D eigenvalue weighted by Gasteiger charge is -2.30. The van der Waals surface area contributed by atoms with Crippen molar-refractivity contribution < 1.29 is 14.0 Å². The first-order chi connectivity index (χ1) is 16.5. The second kappa shape index (κ2) is 9.34. The number of pyridine rings is 1. The Bertz CT molecular complexity index is 1370. The predicted octanol–water partition coefficient (Wildman–Crippen LogP) is 3.91. The number of nitrogens with zero attached hydrogens (tertiary/aromatic N) is 3. The Balaban J connectivity index is 1.23. The fourth-order valence-electron chi connectivity index (χ4n) is 4.37. The van der Waals surface area contributed by atoms with Crippen molar-refractivity contribution in [2.45, 2.75) is 39.3 Å². The molecule has 4 heterocycles. The number of aromatic amines is 1. The van der Waals surface area contributed by atoms with Gasteiger partial charge in [0.1, 0.15) is 11.6 Å². The topological polar surface area (TPSA) is 91.0 Å². The van der Waals surface area contributed by atoms with Crippen LogP contribution in [0.1, 0.15) is 45.0 Å². The predicted molar refractivity (Wildman–Crippen MR) is 128 cm³/mol. The molecule has 0 spiro atoms. The lowest BCUT2D eigenvalue weighted by Crippen LogP contribution is -2.37. The minimum Gasteiger partial charge on any atom is -0.348 e. The minimum atomic E-state index is -0.319. The van der Waals surface area contributed by atoms with Crippen LogP contribution >= 0.6 is 11.3 Å². The van der Waals surface area contributed by atoms with E-state index in [9.17, 15) is 14.0 Å². The van der Waals surface area contributed by atoms with Crippen LogP contribution < -0.4 is 5.32 Å². The van der Waals surface area contributed by atoms with E-state index in [1.54, 1.807) is 12.1 Å². The molecule has 1 aromatic carbocycles. The molecular formula is C25H24FN5O2S. The summed E-state index contributed by atoms with van der Waals surface area (Å²) in [7, 11) is 0. The highest BCUT2D eigenvalue weighted by atomic mass is 32.1. The van der Waals surface area contributed by atoms with Crippen LogP contribution in [0, 0.1) is 12.7 Å². The number of amides is 2. The molecule has 0 unspecified atom stereocenters. The van der Waals surface area contributed by atoms with Gasteiger partial charge in [-0.05, 0) is 59.7 Å². The number of aryl methyl sites for hydroxylation is 2. The van der Waals surface area contributed by atoms with E-state index in [1.165, 1.54) is 29.0 Å². The molecule has 0 atom stereocenters. The van der Waals surface area contributed by atoms with E-state index >= 15 is 0 Å². The summed E-state index contributed by atoms with van der Waals surface area (Å²) >= 11 is 1.49. The van der Waals surface area contributed by atoms with Gasteiger partial charge in [-0.1, -0.05) is 0 Å². The number of aromatic nitrogens is 3. The number of hydrogen-bond acceptors (Lipinski definition) is 5. The summed E-state index contributed by atoms with van der Waals surface area (Å²) in [5.74, 6) is 0.302. The maximum atomic E-state index is 13.4. The first-order valence-electron chi connectivity index (χ1n) is 11.2. The molecule has 0 saturated carbocycles. The van der Waals surface area contributed by atoms with Gasteiger partial charge < -0.3 is 15.2 Å². The molecular weight excluding hydrogens is 453 g/mol. The van der Waals surface area contributed by atoms with E-state index in [4.69, 9.17) is 0 Å². The second-order valence-corrected chi connectivity index (χ2v) is 9.21. The summed E-state index contributed by atoms with van der Waals surface area (Å²) in [6.45, 7) is 3.48. The van der Waals surface area contributed by atoms with Crippen LogP contribution in [-0.2, 0) is 30.7 Å². The number of carbonyl (C=O) groups is 2. The van der Waals surface area contributed by atoms with Crippen molar-refractivity contribution in [3.63, 3.8) is 0 Å². The molecule has 34 heavy (non-hydrogen) atoms. The molecule has 0 radical (unpaired) electrons. The van der Waals surface area contributed by atoms with Gasteiger partial charge in [0.25, 0.3) is 5.91 Å². The minimum absolute atomic E-state index is 0.0465.